The number of carboxylic acids is 1. The van der Waals surface area contributed by atoms with Crippen molar-refractivity contribution in [1.82, 2.24) is 10.6 Å². The number of carbonyl (C=O) groups is 3. The maximum Gasteiger partial charge on any atom is 0.573 e. The van der Waals surface area contributed by atoms with Gasteiger partial charge in [-0.25, -0.2) is 4.79 Å². The van der Waals surface area contributed by atoms with E-state index in [1.807, 2.05) is 6.07 Å². The summed E-state index contributed by atoms with van der Waals surface area (Å²) in [7, 11) is 0. The van der Waals surface area contributed by atoms with Crippen LogP contribution in [0.25, 0.3) is 0 Å². The second-order valence-corrected chi connectivity index (χ2v) is 11.2. The Bertz CT molecular complexity index is 1170. The minimum absolute atomic E-state index is 0.00784. The normalized spacial score (nSPS) is 18.4. The number of aliphatic carboxylic acids is 1. The van der Waals surface area contributed by atoms with Crippen LogP contribution in [0.4, 0.5) is 23.7 Å². The van der Waals surface area contributed by atoms with Gasteiger partial charge in [-0.05, 0) is 84.9 Å². The number of hydrogen-bond donors (Lipinski definition) is 4. The number of rotatable bonds is 9. The number of alkyl halides is 3. The highest BCUT2D eigenvalue weighted by atomic mass is 19.4. The fraction of sp³-hybridized carbons (Fsp3) is 0.483. The van der Waals surface area contributed by atoms with Gasteiger partial charge in [-0.15, -0.1) is 13.2 Å². The fourth-order valence-electron chi connectivity index (χ4n) is 5.10. The van der Waals surface area contributed by atoms with Crippen molar-refractivity contribution in [1.29, 1.82) is 0 Å². The first-order valence-corrected chi connectivity index (χ1v) is 13.2. The summed E-state index contributed by atoms with van der Waals surface area (Å²) in [6.45, 7) is 6.65. The number of anilines is 1. The summed E-state index contributed by atoms with van der Waals surface area (Å²) < 4.78 is 41.2. The molecule has 3 amide bonds. The molecule has 1 aliphatic carbocycles. The zero-order chi connectivity index (χ0) is 29.5. The number of urea groups is 1. The summed E-state index contributed by atoms with van der Waals surface area (Å²) in [5.74, 6) is -1.19. The van der Waals surface area contributed by atoms with E-state index in [1.165, 1.54) is 12.1 Å². The van der Waals surface area contributed by atoms with E-state index in [-0.39, 0.29) is 30.0 Å². The molecule has 0 bridgehead atoms. The quantitative estimate of drug-likeness (QED) is 0.278. The van der Waals surface area contributed by atoms with E-state index in [0.29, 0.717) is 11.5 Å². The minimum atomic E-state index is -4.81. The van der Waals surface area contributed by atoms with Crippen LogP contribution >= 0.6 is 0 Å². The molecule has 218 valence electrons. The Kier molecular flexibility index (Phi) is 10.1. The SMILES string of the molecule is CC(C)(C)C1CCC(C(NC(=O)Nc2ccc(OC(F)(F)F)cc2)c2cccc(C(=O)NCCC(=O)O)c2)CC1. The Balaban J connectivity index is 1.76. The smallest absolute Gasteiger partial charge is 0.481 e. The van der Waals surface area contributed by atoms with Crippen LogP contribution in [0.3, 0.4) is 0 Å². The van der Waals surface area contributed by atoms with Crippen LogP contribution in [0.15, 0.2) is 48.5 Å². The van der Waals surface area contributed by atoms with Gasteiger partial charge in [0.15, 0.2) is 0 Å². The first-order chi connectivity index (χ1) is 18.7. The molecule has 1 aliphatic rings. The predicted octanol–water partition coefficient (Wildman–Crippen LogP) is 6.51. The molecule has 3 rings (SSSR count). The van der Waals surface area contributed by atoms with E-state index in [9.17, 15) is 27.6 Å². The van der Waals surface area contributed by atoms with Gasteiger partial charge in [-0.1, -0.05) is 32.9 Å². The first kappa shape index (κ1) is 30.8. The Morgan fingerprint density at radius 3 is 2.23 bits per heavy atom. The molecule has 1 fully saturated rings. The van der Waals surface area contributed by atoms with Gasteiger partial charge in [-0.2, -0.15) is 0 Å². The molecular formula is C29H36F3N3O5. The number of benzene rings is 2. The molecule has 0 spiro atoms. The van der Waals surface area contributed by atoms with Crippen LogP contribution in [0.5, 0.6) is 5.75 Å². The number of halogens is 3. The van der Waals surface area contributed by atoms with Gasteiger partial charge in [0.25, 0.3) is 5.91 Å². The van der Waals surface area contributed by atoms with Gasteiger partial charge in [0, 0.05) is 17.8 Å². The summed E-state index contributed by atoms with van der Waals surface area (Å²) in [6, 6.07) is 10.7. The minimum Gasteiger partial charge on any atom is -0.481 e. The number of carbonyl (C=O) groups excluding carboxylic acids is 2. The van der Waals surface area contributed by atoms with Crippen molar-refractivity contribution in [2.24, 2.45) is 17.3 Å². The molecule has 0 aliphatic heterocycles. The van der Waals surface area contributed by atoms with Gasteiger partial charge in [-0.3, -0.25) is 9.59 Å². The van der Waals surface area contributed by atoms with Gasteiger partial charge in [0.1, 0.15) is 5.75 Å². The van der Waals surface area contributed by atoms with Crippen molar-refractivity contribution in [2.45, 2.75) is 65.3 Å². The van der Waals surface area contributed by atoms with Crippen molar-refractivity contribution >= 4 is 23.6 Å². The number of amides is 3. The van der Waals surface area contributed by atoms with Crippen LogP contribution in [-0.2, 0) is 4.79 Å². The lowest BCUT2D eigenvalue weighted by atomic mass is 9.68. The highest BCUT2D eigenvalue weighted by Gasteiger charge is 2.34. The Hall–Kier alpha value is -3.76. The monoisotopic (exact) mass is 563 g/mol. The van der Waals surface area contributed by atoms with Crippen molar-refractivity contribution < 1.29 is 37.4 Å². The summed E-state index contributed by atoms with van der Waals surface area (Å²) in [4.78, 5) is 36.4. The van der Waals surface area contributed by atoms with Gasteiger partial charge in [0.05, 0.1) is 12.5 Å². The van der Waals surface area contributed by atoms with E-state index >= 15 is 0 Å². The third-order valence-electron chi connectivity index (χ3n) is 7.23. The molecule has 2 aromatic carbocycles. The second kappa shape index (κ2) is 13.1. The van der Waals surface area contributed by atoms with Crippen molar-refractivity contribution in [3.05, 3.63) is 59.7 Å². The third kappa shape index (κ3) is 9.46. The standard InChI is InChI=1S/C29H36F3N3O5/c1-28(2,3)21-9-7-18(8-10-21)25(19-5-4-6-20(17-19)26(38)33-16-15-24(36)37)35-27(39)34-22-11-13-23(14-12-22)40-29(30,31)32/h4-6,11-14,17-18,21,25H,7-10,15-16H2,1-3H3,(H,33,38)(H,36,37)(H2,34,35,39). The van der Waals surface area contributed by atoms with Crippen LogP contribution < -0.4 is 20.7 Å². The zero-order valence-electron chi connectivity index (χ0n) is 22.8. The van der Waals surface area contributed by atoms with Crippen LogP contribution in [-0.4, -0.2) is 35.9 Å². The Morgan fingerprint density at radius 2 is 1.65 bits per heavy atom. The van der Waals surface area contributed by atoms with E-state index in [4.69, 9.17) is 5.11 Å². The van der Waals surface area contributed by atoms with Crippen molar-refractivity contribution in [2.75, 3.05) is 11.9 Å². The molecule has 11 heteroatoms. The van der Waals surface area contributed by atoms with Crippen molar-refractivity contribution in [3.63, 3.8) is 0 Å². The van der Waals surface area contributed by atoms with Crippen molar-refractivity contribution in [3.8, 4) is 5.75 Å². The lowest BCUT2D eigenvalue weighted by molar-refractivity contribution is -0.274. The lowest BCUT2D eigenvalue weighted by Crippen LogP contribution is -2.39. The van der Waals surface area contributed by atoms with E-state index in [0.717, 1.165) is 43.4 Å². The maximum atomic E-state index is 13.0. The Labute approximate surface area is 231 Å². The predicted molar refractivity (Wildman–Crippen MR) is 144 cm³/mol. The zero-order valence-corrected chi connectivity index (χ0v) is 22.8. The van der Waals surface area contributed by atoms with Gasteiger partial charge in [0.2, 0.25) is 0 Å². The second-order valence-electron chi connectivity index (χ2n) is 11.2. The molecule has 4 N–H and O–H groups in total. The molecule has 0 saturated heterocycles. The molecule has 8 nitrogen and oxygen atoms in total. The highest BCUT2D eigenvalue weighted by molar-refractivity contribution is 5.94. The number of carboxylic acid groups (broad SMARTS) is 1. The average Bonchev–Trinajstić information content (AvgIpc) is 2.87. The number of ether oxygens (including phenoxy) is 1. The molecule has 1 unspecified atom stereocenters. The topological polar surface area (TPSA) is 117 Å². The fourth-order valence-corrected chi connectivity index (χ4v) is 5.10. The number of nitrogens with one attached hydrogen (secondary N) is 3. The lowest BCUT2D eigenvalue weighted by Gasteiger charge is -2.39. The number of hydrogen-bond acceptors (Lipinski definition) is 4. The van der Waals surface area contributed by atoms with E-state index < -0.39 is 36.1 Å². The van der Waals surface area contributed by atoms with Crippen LogP contribution in [0.2, 0.25) is 0 Å². The van der Waals surface area contributed by atoms with Gasteiger partial charge < -0.3 is 25.8 Å². The third-order valence-corrected chi connectivity index (χ3v) is 7.23. The molecule has 1 atom stereocenters. The molecule has 40 heavy (non-hydrogen) atoms. The van der Waals surface area contributed by atoms with Crippen LogP contribution in [0.1, 0.15) is 74.8 Å². The molecule has 0 aromatic heterocycles. The summed E-state index contributed by atoms with van der Waals surface area (Å²) in [5.41, 5.74) is 1.53. The molecule has 0 radical (unpaired) electrons. The maximum absolute atomic E-state index is 13.0. The molecule has 2 aromatic rings. The van der Waals surface area contributed by atoms with E-state index in [2.05, 4.69) is 41.5 Å². The Morgan fingerprint density at radius 1 is 1.00 bits per heavy atom. The first-order valence-electron chi connectivity index (χ1n) is 13.2. The molecular weight excluding hydrogens is 527 g/mol. The van der Waals surface area contributed by atoms with Gasteiger partial charge >= 0.3 is 18.4 Å². The highest BCUT2D eigenvalue weighted by Crippen LogP contribution is 2.43. The van der Waals surface area contributed by atoms with E-state index in [1.54, 1.807) is 18.2 Å². The summed E-state index contributed by atoms with van der Waals surface area (Å²) >= 11 is 0. The summed E-state index contributed by atoms with van der Waals surface area (Å²) in [5, 5.41) is 17.1. The van der Waals surface area contributed by atoms with Crippen LogP contribution in [0, 0.1) is 17.3 Å². The average molecular weight is 564 g/mol. The largest absolute Gasteiger partial charge is 0.573 e. The molecule has 0 heterocycles. The molecule has 1 saturated carbocycles. The summed E-state index contributed by atoms with van der Waals surface area (Å²) in [6.07, 6.45) is -1.30.